The fourth-order valence-corrected chi connectivity index (χ4v) is 3.60. The summed E-state index contributed by atoms with van der Waals surface area (Å²) in [5.41, 5.74) is 1.92. The first-order chi connectivity index (χ1) is 12.5. The van der Waals surface area contributed by atoms with Crippen LogP contribution in [0.4, 0.5) is 10.8 Å². The Morgan fingerprint density at radius 2 is 2.12 bits per heavy atom. The number of carbonyl (C=O) groups excluding carboxylic acids is 3. The van der Waals surface area contributed by atoms with Crippen molar-refractivity contribution in [1.82, 2.24) is 10.2 Å². The molecular formula is C17H18N4O4S. The molecule has 0 saturated carbocycles. The molecule has 1 saturated heterocycles. The molecule has 2 heterocycles. The number of aryl methyl sites for hydroxylation is 1. The molecule has 0 bridgehead atoms. The summed E-state index contributed by atoms with van der Waals surface area (Å²) in [5.74, 6) is -1.94. The minimum absolute atomic E-state index is 0.0246. The van der Waals surface area contributed by atoms with Crippen molar-refractivity contribution in [1.29, 1.82) is 0 Å². The van der Waals surface area contributed by atoms with Crippen molar-refractivity contribution in [3.63, 3.8) is 0 Å². The van der Waals surface area contributed by atoms with Gasteiger partial charge in [0.05, 0.1) is 6.61 Å². The highest BCUT2D eigenvalue weighted by Crippen LogP contribution is 2.35. The molecule has 1 aliphatic rings. The molecule has 1 N–H and O–H groups in total. The molecule has 1 aliphatic heterocycles. The molecule has 1 atom stereocenters. The standard InChI is InChI=1S/C17H18N4O4S/c1-3-25-16(24)14(23)18-17-20-19-15(26-17)11-8-13(22)21(9-11)12-7-5-4-6-10(12)2/h4-7,11H,3,8-9H2,1-2H3,(H,18,20,23). The zero-order valence-corrected chi connectivity index (χ0v) is 15.2. The van der Waals surface area contributed by atoms with E-state index in [-0.39, 0.29) is 23.6 Å². The molecule has 0 spiro atoms. The predicted octanol–water partition coefficient (Wildman–Crippen LogP) is 1.87. The zero-order chi connectivity index (χ0) is 18.7. The van der Waals surface area contributed by atoms with Gasteiger partial charge in [-0.15, -0.1) is 10.2 Å². The van der Waals surface area contributed by atoms with E-state index in [4.69, 9.17) is 0 Å². The lowest BCUT2D eigenvalue weighted by molar-refractivity contribution is -0.152. The van der Waals surface area contributed by atoms with Crippen molar-refractivity contribution < 1.29 is 19.1 Å². The Balaban J connectivity index is 1.69. The van der Waals surface area contributed by atoms with Gasteiger partial charge in [-0.3, -0.25) is 14.9 Å². The normalized spacial score (nSPS) is 16.6. The van der Waals surface area contributed by atoms with Gasteiger partial charge in [-0.1, -0.05) is 29.5 Å². The topological polar surface area (TPSA) is 101 Å². The van der Waals surface area contributed by atoms with Crippen molar-refractivity contribution in [2.24, 2.45) is 0 Å². The zero-order valence-electron chi connectivity index (χ0n) is 14.4. The van der Waals surface area contributed by atoms with Gasteiger partial charge < -0.3 is 9.64 Å². The minimum Gasteiger partial charge on any atom is -0.459 e. The molecule has 1 unspecified atom stereocenters. The van der Waals surface area contributed by atoms with Crippen molar-refractivity contribution in [2.75, 3.05) is 23.4 Å². The van der Waals surface area contributed by atoms with E-state index in [1.165, 1.54) is 0 Å². The molecule has 1 aromatic carbocycles. The quantitative estimate of drug-likeness (QED) is 0.648. The van der Waals surface area contributed by atoms with Gasteiger partial charge in [0.2, 0.25) is 11.0 Å². The molecule has 2 aromatic rings. The van der Waals surface area contributed by atoms with Gasteiger partial charge >= 0.3 is 11.9 Å². The van der Waals surface area contributed by atoms with Gasteiger partial charge in [0.15, 0.2) is 0 Å². The van der Waals surface area contributed by atoms with E-state index < -0.39 is 11.9 Å². The number of hydrogen-bond donors (Lipinski definition) is 1. The molecule has 2 amide bonds. The SMILES string of the molecule is CCOC(=O)C(=O)Nc1nnc(C2CC(=O)N(c3ccccc3C)C2)s1. The second-order valence-corrected chi connectivity index (χ2v) is 6.82. The van der Waals surface area contributed by atoms with Crippen LogP contribution in [0, 0.1) is 6.92 Å². The van der Waals surface area contributed by atoms with E-state index in [2.05, 4.69) is 20.3 Å². The third kappa shape index (κ3) is 3.72. The number of nitrogens with one attached hydrogen (secondary N) is 1. The van der Waals surface area contributed by atoms with E-state index >= 15 is 0 Å². The lowest BCUT2D eigenvalue weighted by atomic mass is 10.1. The molecule has 8 nitrogen and oxygen atoms in total. The van der Waals surface area contributed by atoms with Crippen LogP contribution < -0.4 is 10.2 Å². The van der Waals surface area contributed by atoms with Crippen molar-refractivity contribution in [3.05, 3.63) is 34.8 Å². The summed E-state index contributed by atoms with van der Waals surface area (Å²) >= 11 is 1.16. The Hall–Kier alpha value is -2.81. The number of ether oxygens (including phenoxy) is 1. The Morgan fingerprint density at radius 3 is 2.85 bits per heavy atom. The number of hydrogen-bond acceptors (Lipinski definition) is 7. The third-order valence-electron chi connectivity index (χ3n) is 4.00. The van der Waals surface area contributed by atoms with Crippen LogP contribution in [0.2, 0.25) is 0 Å². The number of esters is 1. The third-order valence-corrected chi connectivity index (χ3v) is 5.00. The number of carbonyl (C=O) groups is 3. The number of benzene rings is 1. The summed E-state index contributed by atoms with van der Waals surface area (Å²) in [6.07, 6.45) is 0.328. The molecule has 3 rings (SSSR count). The van der Waals surface area contributed by atoms with Crippen LogP contribution in [0.5, 0.6) is 0 Å². The average Bonchev–Trinajstić information content (AvgIpc) is 3.22. The van der Waals surface area contributed by atoms with Crippen LogP contribution in [0.1, 0.15) is 29.8 Å². The Kier molecular flexibility index (Phi) is 5.27. The second-order valence-electron chi connectivity index (χ2n) is 5.81. The average molecular weight is 374 g/mol. The van der Waals surface area contributed by atoms with Crippen LogP contribution in [0.3, 0.4) is 0 Å². The molecule has 0 aliphatic carbocycles. The lowest BCUT2D eigenvalue weighted by Gasteiger charge is -2.18. The van der Waals surface area contributed by atoms with E-state index in [0.29, 0.717) is 18.0 Å². The molecule has 26 heavy (non-hydrogen) atoms. The molecule has 1 fully saturated rings. The summed E-state index contributed by atoms with van der Waals surface area (Å²) in [7, 11) is 0. The van der Waals surface area contributed by atoms with Crippen molar-refractivity contribution in [3.8, 4) is 0 Å². The Bertz CT molecular complexity index is 851. The van der Waals surface area contributed by atoms with Gasteiger partial charge in [-0.25, -0.2) is 4.79 Å². The Labute approximate surface area is 154 Å². The number of rotatable bonds is 4. The summed E-state index contributed by atoms with van der Waals surface area (Å²) in [6, 6.07) is 7.71. The highest BCUT2D eigenvalue weighted by atomic mass is 32.1. The van der Waals surface area contributed by atoms with Crippen molar-refractivity contribution in [2.45, 2.75) is 26.2 Å². The van der Waals surface area contributed by atoms with Gasteiger partial charge in [0.25, 0.3) is 0 Å². The van der Waals surface area contributed by atoms with Crippen LogP contribution in [-0.2, 0) is 19.1 Å². The van der Waals surface area contributed by atoms with Crippen molar-refractivity contribution >= 4 is 39.9 Å². The Morgan fingerprint density at radius 1 is 1.35 bits per heavy atom. The first-order valence-electron chi connectivity index (χ1n) is 8.17. The maximum absolute atomic E-state index is 12.4. The first kappa shape index (κ1) is 18.0. The maximum Gasteiger partial charge on any atom is 0.397 e. The van der Waals surface area contributed by atoms with E-state index in [0.717, 1.165) is 22.6 Å². The number of aromatic nitrogens is 2. The predicted molar refractivity (Wildman–Crippen MR) is 96.1 cm³/mol. The second kappa shape index (κ2) is 7.61. The van der Waals surface area contributed by atoms with Crippen LogP contribution in [0.25, 0.3) is 0 Å². The van der Waals surface area contributed by atoms with Gasteiger partial charge in [-0.2, -0.15) is 0 Å². The van der Waals surface area contributed by atoms with E-state index in [9.17, 15) is 14.4 Å². The molecule has 136 valence electrons. The minimum atomic E-state index is -0.967. The van der Waals surface area contributed by atoms with E-state index in [1.54, 1.807) is 11.8 Å². The monoisotopic (exact) mass is 374 g/mol. The number of anilines is 2. The number of para-hydroxylation sites is 1. The first-order valence-corrected chi connectivity index (χ1v) is 8.98. The number of nitrogens with zero attached hydrogens (tertiary/aromatic N) is 3. The highest BCUT2D eigenvalue weighted by Gasteiger charge is 2.34. The summed E-state index contributed by atoms with van der Waals surface area (Å²) < 4.78 is 4.62. The maximum atomic E-state index is 12.4. The number of amides is 2. The molecule has 0 radical (unpaired) electrons. The van der Waals surface area contributed by atoms with Gasteiger partial charge in [0, 0.05) is 24.6 Å². The van der Waals surface area contributed by atoms with Gasteiger partial charge in [-0.05, 0) is 25.5 Å². The van der Waals surface area contributed by atoms with Crippen LogP contribution >= 0.6 is 11.3 Å². The smallest absolute Gasteiger partial charge is 0.397 e. The fourth-order valence-electron chi connectivity index (χ4n) is 2.77. The molecular weight excluding hydrogens is 356 g/mol. The van der Waals surface area contributed by atoms with Gasteiger partial charge in [0.1, 0.15) is 5.01 Å². The summed E-state index contributed by atoms with van der Waals surface area (Å²) in [6.45, 7) is 4.20. The van der Waals surface area contributed by atoms with Crippen LogP contribution in [-0.4, -0.2) is 41.1 Å². The lowest BCUT2D eigenvalue weighted by Crippen LogP contribution is -2.25. The fraction of sp³-hybridized carbons (Fsp3) is 0.353. The molecule has 1 aromatic heterocycles. The highest BCUT2D eigenvalue weighted by molar-refractivity contribution is 7.15. The molecule has 9 heteroatoms. The summed E-state index contributed by atoms with van der Waals surface area (Å²) in [4.78, 5) is 37.2. The summed E-state index contributed by atoms with van der Waals surface area (Å²) in [5, 5.41) is 11.2. The largest absolute Gasteiger partial charge is 0.459 e. The van der Waals surface area contributed by atoms with Crippen LogP contribution in [0.15, 0.2) is 24.3 Å². The van der Waals surface area contributed by atoms with E-state index in [1.807, 2.05) is 31.2 Å².